The van der Waals surface area contributed by atoms with Crippen LogP contribution in [0.5, 0.6) is 0 Å². The third-order valence-electron chi connectivity index (χ3n) is 1.70. The first-order valence-corrected chi connectivity index (χ1v) is 4.05. The van der Waals surface area contributed by atoms with Crippen molar-refractivity contribution >= 4 is 6.29 Å². The van der Waals surface area contributed by atoms with E-state index in [-0.39, 0.29) is 12.4 Å². The van der Waals surface area contributed by atoms with Crippen molar-refractivity contribution in [2.24, 2.45) is 0 Å². The molecule has 0 spiro atoms. The molecular weight excluding hydrogens is 144 g/mol. The van der Waals surface area contributed by atoms with E-state index in [0.717, 1.165) is 32.2 Å². The van der Waals surface area contributed by atoms with Crippen molar-refractivity contribution in [1.29, 1.82) is 0 Å². The van der Waals surface area contributed by atoms with E-state index in [1.54, 1.807) is 6.92 Å². The molecule has 0 radical (unpaired) electrons. The number of rotatable bonds is 3. The minimum Gasteiger partial charge on any atom is -0.353 e. The van der Waals surface area contributed by atoms with Crippen molar-refractivity contribution in [3.63, 3.8) is 0 Å². The van der Waals surface area contributed by atoms with Crippen LogP contribution in [0.25, 0.3) is 0 Å². The summed E-state index contributed by atoms with van der Waals surface area (Å²) in [5, 5.41) is 0. The number of aldehydes is 1. The Morgan fingerprint density at radius 2 is 2.45 bits per heavy atom. The van der Waals surface area contributed by atoms with Crippen LogP contribution in [0.15, 0.2) is 0 Å². The van der Waals surface area contributed by atoms with Crippen molar-refractivity contribution in [1.82, 2.24) is 0 Å². The second kappa shape index (κ2) is 4.46. The molecule has 0 N–H and O–H groups in total. The fourth-order valence-electron chi connectivity index (χ4n) is 1.09. The first kappa shape index (κ1) is 8.68. The summed E-state index contributed by atoms with van der Waals surface area (Å²) in [4.78, 5) is 10.2. The van der Waals surface area contributed by atoms with Crippen molar-refractivity contribution in [2.75, 3.05) is 6.61 Å². The molecule has 0 aromatic rings. The highest BCUT2D eigenvalue weighted by Crippen LogP contribution is 2.14. The Labute approximate surface area is 66.7 Å². The highest BCUT2D eigenvalue weighted by Gasteiger charge is 2.16. The Morgan fingerprint density at radius 1 is 1.64 bits per heavy atom. The largest absolute Gasteiger partial charge is 0.353 e. The minimum atomic E-state index is -0.335. The van der Waals surface area contributed by atoms with Gasteiger partial charge in [0.1, 0.15) is 12.4 Å². The van der Waals surface area contributed by atoms with Gasteiger partial charge in [-0.2, -0.15) is 0 Å². The van der Waals surface area contributed by atoms with Crippen molar-refractivity contribution in [3.8, 4) is 0 Å². The van der Waals surface area contributed by atoms with E-state index in [0.29, 0.717) is 0 Å². The molecule has 3 heteroatoms. The average Bonchev–Trinajstić information content (AvgIpc) is 2.06. The molecule has 2 atom stereocenters. The molecule has 1 saturated heterocycles. The first-order chi connectivity index (χ1) is 5.33. The van der Waals surface area contributed by atoms with Crippen molar-refractivity contribution in [3.05, 3.63) is 0 Å². The third kappa shape index (κ3) is 2.99. The Morgan fingerprint density at radius 3 is 3.00 bits per heavy atom. The number of ether oxygens (including phenoxy) is 2. The normalized spacial score (nSPS) is 27.9. The number of hydrogen-bond donors (Lipinski definition) is 0. The lowest BCUT2D eigenvalue weighted by Gasteiger charge is -2.23. The maximum atomic E-state index is 10.2. The number of carbonyl (C=O) groups is 1. The van der Waals surface area contributed by atoms with Crippen LogP contribution in [0.3, 0.4) is 0 Å². The first-order valence-electron chi connectivity index (χ1n) is 4.05. The standard InChI is InChI=1S/C8H14O3/c1-7(6-9)11-8-4-2-3-5-10-8/h6-8H,2-5H2,1H3/t7-,8+/m0/s1. The van der Waals surface area contributed by atoms with Gasteiger partial charge in [0.05, 0.1) is 0 Å². The molecule has 1 rings (SSSR count). The molecule has 1 aliphatic rings. The lowest BCUT2D eigenvalue weighted by Crippen LogP contribution is -2.26. The van der Waals surface area contributed by atoms with Crippen LogP contribution in [0.1, 0.15) is 26.2 Å². The van der Waals surface area contributed by atoms with Gasteiger partial charge in [0.25, 0.3) is 0 Å². The quantitative estimate of drug-likeness (QED) is 0.577. The topological polar surface area (TPSA) is 35.5 Å². The highest BCUT2D eigenvalue weighted by atomic mass is 16.7. The van der Waals surface area contributed by atoms with Crippen LogP contribution in [-0.4, -0.2) is 25.3 Å². The maximum Gasteiger partial charge on any atom is 0.158 e. The van der Waals surface area contributed by atoms with Gasteiger partial charge in [-0.25, -0.2) is 0 Å². The molecule has 0 bridgehead atoms. The number of hydrogen-bond acceptors (Lipinski definition) is 3. The molecule has 0 aromatic heterocycles. The van der Waals surface area contributed by atoms with Crippen molar-refractivity contribution < 1.29 is 14.3 Å². The van der Waals surface area contributed by atoms with Crippen LogP contribution < -0.4 is 0 Å². The van der Waals surface area contributed by atoms with Gasteiger partial charge in [-0.05, 0) is 26.2 Å². The van der Waals surface area contributed by atoms with Crippen LogP contribution in [0.2, 0.25) is 0 Å². The van der Waals surface area contributed by atoms with Crippen LogP contribution in [0, 0.1) is 0 Å². The summed E-state index contributed by atoms with van der Waals surface area (Å²) < 4.78 is 10.5. The molecule has 0 saturated carbocycles. The van der Waals surface area contributed by atoms with Gasteiger partial charge >= 0.3 is 0 Å². The molecule has 3 nitrogen and oxygen atoms in total. The smallest absolute Gasteiger partial charge is 0.158 e. The fraction of sp³-hybridized carbons (Fsp3) is 0.875. The molecule has 0 unspecified atom stereocenters. The van der Waals surface area contributed by atoms with E-state index in [1.165, 1.54) is 0 Å². The molecule has 0 aromatic carbocycles. The zero-order valence-corrected chi connectivity index (χ0v) is 6.79. The summed E-state index contributed by atoms with van der Waals surface area (Å²) in [6.45, 7) is 2.49. The second-order valence-electron chi connectivity index (χ2n) is 2.77. The molecule has 1 heterocycles. The van der Waals surface area contributed by atoms with E-state index in [4.69, 9.17) is 9.47 Å². The van der Waals surface area contributed by atoms with E-state index in [1.807, 2.05) is 0 Å². The molecule has 1 aliphatic heterocycles. The van der Waals surface area contributed by atoms with Crippen LogP contribution >= 0.6 is 0 Å². The van der Waals surface area contributed by atoms with Crippen LogP contribution in [0.4, 0.5) is 0 Å². The van der Waals surface area contributed by atoms with Gasteiger partial charge in [0, 0.05) is 6.61 Å². The van der Waals surface area contributed by atoms with Gasteiger partial charge < -0.3 is 14.3 Å². The fourth-order valence-corrected chi connectivity index (χ4v) is 1.09. The van der Waals surface area contributed by atoms with Gasteiger partial charge in [0.2, 0.25) is 0 Å². The number of carbonyl (C=O) groups excluding carboxylic acids is 1. The zero-order chi connectivity index (χ0) is 8.10. The predicted octanol–water partition coefficient (Wildman–Crippen LogP) is 1.12. The molecule has 11 heavy (non-hydrogen) atoms. The molecule has 64 valence electrons. The molecule has 0 amide bonds. The van der Waals surface area contributed by atoms with Gasteiger partial charge in [-0.15, -0.1) is 0 Å². The van der Waals surface area contributed by atoms with Crippen molar-refractivity contribution in [2.45, 2.75) is 38.6 Å². The Balaban J connectivity index is 2.18. The lowest BCUT2D eigenvalue weighted by atomic mass is 10.2. The van der Waals surface area contributed by atoms with E-state index < -0.39 is 0 Å². The monoisotopic (exact) mass is 158 g/mol. The summed E-state index contributed by atoms with van der Waals surface area (Å²) in [5.74, 6) is 0. The summed E-state index contributed by atoms with van der Waals surface area (Å²) in [6.07, 6.45) is 3.46. The van der Waals surface area contributed by atoms with E-state index >= 15 is 0 Å². The van der Waals surface area contributed by atoms with Gasteiger partial charge in [-0.1, -0.05) is 0 Å². The Hall–Kier alpha value is -0.410. The lowest BCUT2D eigenvalue weighted by molar-refractivity contribution is -0.183. The third-order valence-corrected chi connectivity index (χ3v) is 1.70. The average molecular weight is 158 g/mol. The predicted molar refractivity (Wildman–Crippen MR) is 40.2 cm³/mol. The second-order valence-corrected chi connectivity index (χ2v) is 2.77. The summed E-state index contributed by atoms with van der Waals surface area (Å²) in [6, 6.07) is 0. The Bertz CT molecular complexity index is 119. The summed E-state index contributed by atoms with van der Waals surface area (Å²) in [5.41, 5.74) is 0. The van der Waals surface area contributed by atoms with Crippen LogP contribution in [-0.2, 0) is 14.3 Å². The van der Waals surface area contributed by atoms with E-state index in [9.17, 15) is 4.79 Å². The molecule has 1 fully saturated rings. The maximum absolute atomic E-state index is 10.2. The molecule has 0 aliphatic carbocycles. The van der Waals surface area contributed by atoms with Gasteiger partial charge in [0.15, 0.2) is 6.29 Å². The summed E-state index contributed by atoms with van der Waals surface area (Å²) >= 11 is 0. The SMILES string of the molecule is C[C@@H](C=O)O[C@@H]1CCCCO1. The minimum absolute atomic E-state index is 0.149. The summed E-state index contributed by atoms with van der Waals surface area (Å²) in [7, 11) is 0. The molecular formula is C8H14O3. The van der Waals surface area contributed by atoms with Gasteiger partial charge in [-0.3, -0.25) is 0 Å². The Kier molecular flexibility index (Phi) is 3.52. The van der Waals surface area contributed by atoms with E-state index in [2.05, 4.69) is 0 Å². The highest BCUT2D eigenvalue weighted by molar-refractivity contribution is 5.55. The zero-order valence-electron chi connectivity index (χ0n) is 6.79.